The number of anilines is 1. The highest BCUT2D eigenvalue weighted by Gasteiger charge is 2.10. The van der Waals surface area contributed by atoms with Gasteiger partial charge in [-0.3, -0.25) is 0 Å². The molecule has 0 aliphatic heterocycles. The molecule has 0 radical (unpaired) electrons. The average Bonchev–Trinajstić information content (AvgIpc) is 2.52. The molecule has 1 aromatic heterocycles. The summed E-state index contributed by atoms with van der Waals surface area (Å²) in [7, 11) is 1.83. The molecule has 68 valence electrons. The number of hydrogen-bond donors (Lipinski definition) is 1. The third kappa shape index (κ3) is 2.15. The Morgan fingerprint density at radius 2 is 2.42 bits per heavy atom. The normalized spacial score (nSPS) is 12.9. The minimum absolute atomic E-state index is 0.00616. The lowest BCUT2D eigenvalue weighted by molar-refractivity contribution is 0.0710. The molecule has 0 fully saturated rings. The summed E-state index contributed by atoms with van der Waals surface area (Å²) in [5, 5.41) is 3.76. The van der Waals surface area contributed by atoms with Crippen molar-refractivity contribution in [3.63, 3.8) is 0 Å². The van der Waals surface area contributed by atoms with Gasteiger partial charge in [-0.15, -0.1) is 0 Å². The second-order valence-electron chi connectivity index (χ2n) is 2.31. The number of nitrogens with one attached hydrogen (secondary N) is 1. The van der Waals surface area contributed by atoms with E-state index in [9.17, 15) is 0 Å². The topological polar surface area (TPSA) is 47.0 Å². The Balaban J connectivity index is 2.61. The van der Waals surface area contributed by atoms with Crippen molar-refractivity contribution < 1.29 is 4.74 Å². The Morgan fingerprint density at radius 1 is 1.67 bits per heavy atom. The zero-order valence-electron chi connectivity index (χ0n) is 7.50. The highest BCUT2D eigenvalue weighted by Crippen LogP contribution is 2.17. The van der Waals surface area contributed by atoms with E-state index < -0.39 is 0 Å². The highest BCUT2D eigenvalue weighted by molar-refractivity contribution is 7.09. The number of aromatic nitrogens is 2. The number of nitrogens with zero attached hydrogens (tertiary/aromatic N) is 2. The van der Waals surface area contributed by atoms with Crippen molar-refractivity contribution >= 4 is 16.7 Å². The van der Waals surface area contributed by atoms with Gasteiger partial charge in [0, 0.05) is 25.2 Å². The van der Waals surface area contributed by atoms with E-state index in [0.717, 1.165) is 11.0 Å². The lowest BCUT2D eigenvalue weighted by Gasteiger charge is -2.05. The van der Waals surface area contributed by atoms with Crippen LogP contribution < -0.4 is 5.32 Å². The second kappa shape index (κ2) is 4.37. The molecule has 1 rings (SSSR count). The van der Waals surface area contributed by atoms with Crippen molar-refractivity contribution in [3.8, 4) is 0 Å². The van der Waals surface area contributed by atoms with Crippen LogP contribution in [-0.2, 0) is 4.74 Å². The number of rotatable bonds is 4. The molecule has 0 aliphatic carbocycles. The SMILES string of the molecule is CCOC(C)c1nsc(NC)n1. The van der Waals surface area contributed by atoms with Crippen LogP contribution in [0.2, 0.25) is 0 Å². The third-order valence-corrected chi connectivity index (χ3v) is 2.18. The zero-order valence-corrected chi connectivity index (χ0v) is 8.31. The van der Waals surface area contributed by atoms with Crippen LogP contribution in [-0.4, -0.2) is 23.0 Å². The first-order valence-corrected chi connectivity index (χ1v) is 4.68. The molecule has 1 N–H and O–H groups in total. The molecule has 0 bridgehead atoms. The van der Waals surface area contributed by atoms with Crippen LogP contribution in [0.4, 0.5) is 5.13 Å². The Bertz CT molecular complexity index is 238. The van der Waals surface area contributed by atoms with E-state index in [0.29, 0.717) is 6.61 Å². The summed E-state index contributed by atoms with van der Waals surface area (Å²) in [6, 6.07) is 0. The van der Waals surface area contributed by atoms with Crippen molar-refractivity contribution in [1.29, 1.82) is 0 Å². The van der Waals surface area contributed by atoms with Crippen LogP contribution >= 0.6 is 11.5 Å². The standard InChI is InChI=1S/C7H13N3OS/c1-4-11-5(2)6-9-7(8-3)12-10-6/h5H,4H2,1-3H3,(H,8,9,10). The first kappa shape index (κ1) is 9.41. The third-order valence-electron chi connectivity index (χ3n) is 1.44. The van der Waals surface area contributed by atoms with Crippen molar-refractivity contribution in [3.05, 3.63) is 5.82 Å². The molecule has 1 unspecified atom stereocenters. The van der Waals surface area contributed by atoms with Gasteiger partial charge in [-0.2, -0.15) is 4.37 Å². The molecule has 0 saturated heterocycles. The maximum Gasteiger partial charge on any atom is 0.202 e. The highest BCUT2D eigenvalue weighted by atomic mass is 32.1. The van der Waals surface area contributed by atoms with Crippen LogP contribution in [0.5, 0.6) is 0 Å². The van der Waals surface area contributed by atoms with E-state index in [1.165, 1.54) is 11.5 Å². The van der Waals surface area contributed by atoms with Gasteiger partial charge in [-0.05, 0) is 13.8 Å². The largest absolute Gasteiger partial charge is 0.371 e. The molecule has 5 heteroatoms. The maximum atomic E-state index is 5.34. The van der Waals surface area contributed by atoms with Gasteiger partial charge in [-0.1, -0.05) is 0 Å². The van der Waals surface area contributed by atoms with Crippen molar-refractivity contribution in [2.24, 2.45) is 0 Å². The van der Waals surface area contributed by atoms with Gasteiger partial charge in [0.25, 0.3) is 0 Å². The summed E-state index contributed by atoms with van der Waals surface area (Å²) in [6.07, 6.45) is -0.00616. The summed E-state index contributed by atoms with van der Waals surface area (Å²) in [4.78, 5) is 4.22. The fraction of sp³-hybridized carbons (Fsp3) is 0.714. The van der Waals surface area contributed by atoms with Gasteiger partial charge in [0.2, 0.25) is 5.13 Å². The maximum absolute atomic E-state index is 5.34. The monoisotopic (exact) mass is 187 g/mol. The Labute approximate surface area is 76.1 Å². The predicted molar refractivity (Wildman–Crippen MR) is 49.5 cm³/mol. The van der Waals surface area contributed by atoms with Gasteiger partial charge >= 0.3 is 0 Å². The smallest absolute Gasteiger partial charge is 0.202 e. The van der Waals surface area contributed by atoms with Crippen LogP contribution in [0, 0.1) is 0 Å². The average molecular weight is 187 g/mol. The van der Waals surface area contributed by atoms with E-state index in [2.05, 4.69) is 14.7 Å². The van der Waals surface area contributed by atoms with Crippen LogP contribution in [0.15, 0.2) is 0 Å². The first-order chi connectivity index (χ1) is 5.77. The predicted octanol–water partition coefficient (Wildman–Crippen LogP) is 1.68. The van der Waals surface area contributed by atoms with Crippen molar-refractivity contribution in [1.82, 2.24) is 9.36 Å². The summed E-state index contributed by atoms with van der Waals surface area (Å²) in [5.74, 6) is 0.756. The number of hydrogen-bond acceptors (Lipinski definition) is 5. The van der Waals surface area contributed by atoms with Gasteiger partial charge in [0.1, 0.15) is 6.10 Å². The lowest BCUT2D eigenvalue weighted by atomic mass is 10.4. The molecule has 1 atom stereocenters. The molecule has 0 aliphatic rings. The van der Waals surface area contributed by atoms with Gasteiger partial charge in [0.05, 0.1) is 0 Å². The van der Waals surface area contributed by atoms with Gasteiger partial charge in [-0.25, -0.2) is 4.98 Å². The lowest BCUT2D eigenvalue weighted by Crippen LogP contribution is -2.01. The summed E-state index contributed by atoms with van der Waals surface area (Å²) < 4.78 is 9.49. The molecule has 4 nitrogen and oxygen atoms in total. The fourth-order valence-electron chi connectivity index (χ4n) is 0.826. The number of ether oxygens (including phenoxy) is 1. The molecular formula is C7H13N3OS. The van der Waals surface area contributed by atoms with Gasteiger partial charge < -0.3 is 10.1 Å². The van der Waals surface area contributed by atoms with Crippen LogP contribution in [0.1, 0.15) is 25.8 Å². The summed E-state index contributed by atoms with van der Waals surface area (Å²) in [6.45, 7) is 4.60. The van der Waals surface area contributed by atoms with E-state index in [1.807, 2.05) is 20.9 Å². The minimum atomic E-state index is -0.00616. The molecule has 0 amide bonds. The van der Waals surface area contributed by atoms with E-state index in [1.54, 1.807) is 0 Å². The van der Waals surface area contributed by atoms with Crippen LogP contribution in [0.25, 0.3) is 0 Å². The second-order valence-corrected chi connectivity index (χ2v) is 3.06. The molecule has 0 aromatic carbocycles. The molecule has 1 heterocycles. The molecule has 0 saturated carbocycles. The Hall–Kier alpha value is -0.680. The van der Waals surface area contributed by atoms with Crippen molar-refractivity contribution in [2.45, 2.75) is 20.0 Å². The molecule has 0 spiro atoms. The van der Waals surface area contributed by atoms with Crippen LogP contribution in [0.3, 0.4) is 0 Å². The molecule has 1 aromatic rings. The fourth-order valence-corrected chi connectivity index (χ4v) is 1.42. The summed E-state index contributed by atoms with van der Waals surface area (Å²) >= 11 is 1.35. The first-order valence-electron chi connectivity index (χ1n) is 3.91. The van der Waals surface area contributed by atoms with E-state index in [-0.39, 0.29) is 6.10 Å². The Kier molecular flexibility index (Phi) is 3.43. The van der Waals surface area contributed by atoms with E-state index >= 15 is 0 Å². The zero-order chi connectivity index (χ0) is 8.97. The van der Waals surface area contributed by atoms with Gasteiger partial charge in [0.15, 0.2) is 5.82 Å². The van der Waals surface area contributed by atoms with E-state index in [4.69, 9.17) is 4.74 Å². The Morgan fingerprint density at radius 3 is 2.92 bits per heavy atom. The quantitative estimate of drug-likeness (QED) is 0.779. The molecular weight excluding hydrogens is 174 g/mol. The summed E-state index contributed by atoms with van der Waals surface area (Å²) in [5.41, 5.74) is 0. The molecule has 12 heavy (non-hydrogen) atoms. The van der Waals surface area contributed by atoms with Crippen molar-refractivity contribution in [2.75, 3.05) is 19.0 Å². The minimum Gasteiger partial charge on any atom is -0.371 e.